The first-order valence-electron chi connectivity index (χ1n) is 5.15. The molecule has 2 amide bonds. The second kappa shape index (κ2) is 4.40. The van der Waals surface area contributed by atoms with Crippen LogP contribution < -0.4 is 10.9 Å². The summed E-state index contributed by atoms with van der Waals surface area (Å²) >= 11 is 0. The van der Waals surface area contributed by atoms with Crippen LogP contribution in [0.3, 0.4) is 0 Å². The van der Waals surface area contributed by atoms with Crippen LogP contribution in [0.5, 0.6) is 0 Å². The number of rotatable bonds is 2. The number of piperidine rings is 1. The predicted molar refractivity (Wildman–Crippen MR) is 56.9 cm³/mol. The highest BCUT2D eigenvalue weighted by Crippen LogP contribution is 2.15. The Kier molecular flexibility index (Phi) is 2.92. The molecule has 0 aromatic carbocycles. The third-order valence-electron chi connectivity index (χ3n) is 2.58. The monoisotopic (exact) mass is 251 g/mol. The van der Waals surface area contributed by atoms with Crippen molar-refractivity contribution in [3.63, 3.8) is 0 Å². The zero-order chi connectivity index (χ0) is 13.3. The van der Waals surface area contributed by atoms with Gasteiger partial charge in [0.2, 0.25) is 5.91 Å². The first-order chi connectivity index (χ1) is 8.49. The molecule has 1 atom stereocenters. The Morgan fingerprint density at radius 1 is 1.44 bits per heavy atom. The summed E-state index contributed by atoms with van der Waals surface area (Å²) in [6.07, 6.45) is 1.28. The lowest BCUT2D eigenvalue weighted by Gasteiger charge is -2.21. The van der Waals surface area contributed by atoms with Crippen molar-refractivity contribution in [2.45, 2.75) is 18.9 Å². The van der Waals surface area contributed by atoms with Gasteiger partial charge in [-0.15, -0.1) is 0 Å². The summed E-state index contributed by atoms with van der Waals surface area (Å²) in [4.78, 5) is 44.8. The number of carboxylic acid groups (broad SMARTS) is 1. The van der Waals surface area contributed by atoms with Crippen LogP contribution >= 0.6 is 0 Å². The second-order valence-electron chi connectivity index (χ2n) is 3.80. The van der Waals surface area contributed by atoms with Crippen LogP contribution in [0, 0.1) is 0 Å². The van der Waals surface area contributed by atoms with Gasteiger partial charge in [0.25, 0.3) is 11.5 Å². The minimum atomic E-state index is -1.27. The molecule has 1 aromatic heterocycles. The van der Waals surface area contributed by atoms with Crippen LogP contribution in [-0.2, 0) is 9.59 Å². The van der Waals surface area contributed by atoms with Crippen molar-refractivity contribution >= 4 is 17.8 Å². The average Bonchev–Trinajstić information content (AvgIpc) is 2.30. The van der Waals surface area contributed by atoms with E-state index >= 15 is 0 Å². The molecular formula is C10H9N3O5. The van der Waals surface area contributed by atoms with Crippen molar-refractivity contribution in [3.8, 4) is 0 Å². The summed E-state index contributed by atoms with van der Waals surface area (Å²) in [6, 6.07) is 0.0111. The Hall–Kier alpha value is -2.51. The van der Waals surface area contributed by atoms with E-state index in [1.807, 2.05) is 0 Å². The van der Waals surface area contributed by atoms with E-state index in [0.717, 1.165) is 16.9 Å². The molecule has 1 saturated heterocycles. The number of aromatic carboxylic acids is 1. The maximum absolute atomic E-state index is 11.6. The lowest BCUT2D eigenvalue weighted by molar-refractivity contribution is -0.136. The molecule has 0 spiro atoms. The molecule has 18 heavy (non-hydrogen) atoms. The Labute approximate surface area is 100 Å². The van der Waals surface area contributed by atoms with Crippen molar-refractivity contribution in [2.24, 2.45) is 0 Å². The van der Waals surface area contributed by atoms with Crippen molar-refractivity contribution in [2.75, 3.05) is 0 Å². The number of carbonyl (C=O) groups is 3. The number of hydrogen-bond acceptors (Lipinski definition) is 5. The maximum atomic E-state index is 11.6. The Bertz CT molecular complexity index is 591. The van der Waals surface area contributed by atoms with Gasteiger partial charge in [0.05, 0.1) is 11.8 Å². The van der Waals surface area contributed by atoms with Crippen LogP contribution in [0.25, 0.3) is 0 Å². The van der Waals surface area contributed by atoms with E-state index in [1.165, 1.54) is 0 Å². The first-order valence-corrected chi connectivity index (χ1v) is 5.15. The fraction of sp³-hybridized carbons (Fsp3) is 0.300. The second-order valence-corrected chi connectivity index (χ2v) is 3.80. The van der Waals surface area contributed by atoms with Gasteiger partial charge in [-0.2, -0.15) is 5.10 Å². The number of nitrogens with zero attached hydrogens (tertiary/aromatic N) is 2. The van der Waals surface area contributed by atoms with Gasteiger partial charge in [-0.1, -0.05) is 0 Å². The summed E-state index contributed by atoms with van der Waals surface area (Å²) < 4.78 is 0.883. The molecule has 0 aliphatic carbocycles. The van der Waals surface area contributed by atoms with E-state index in [1.54, 1.807) is 0 Å². The standard InChI is InChI=1S/C10H9N3O5/c14-7-2-1-6(9(16)12-7)13-8(15)3-5(4-11-13)10(17)18/h3-4,6H,1-2H2,(H,17,18)(H,12,14,16). The molecular weight excluding hydrogens is 242 g/mol. The number of hydrogen-bond donors (Lipinski definition) is 2. The quantitative estimate of drug-likeness (QED) is 0.645. The van der Waals surface area contributed by atoms with Gasteiger partial charge in [-0.3, -0.25) is 19.7 Å². The van der Waals surface area contributed by atoms with Gasteiger partial charge in [-0.05, 0) is 6.42 Å². The zero-order valence-corrected chi connectivity index (χ0v) is 9.12. The maximum Gasteiger partial charge on any atom is 0.337 e. The molecule has 0 radical (unpaired) electrons. The average molecular weight is 251 g/mol. The van der Waals surface area contributed by atoms with E-state index < -0.39 is 29.4 Å². The number of carbonyl (C=O) groups excluding carboxylic acids is 2. The topological polar surface area (TPSA) is 118 Å². The van der Waals surface area contributed by atoms with E-state index in [-0.39, 0.29) is 18.4 Å². The molecule has 1 unspecified atom stereocenters. The van der Waals surface area contributed by atoms with E-state index in [2.05, 4.69) is 10.4 Å². The van der Waals surface area contributed by atoms with E-state index in [4.69, 9.17) is 5.11 Å². The molecule has 0 saturated carbocycles. The highest BCUT2D eigenvalue weighted by Gasteiger charge is 2.29. The summed E-state index contributed by atoms with van der Waals surface area (Å²) in [5, 5.41) is 14.4. The Morgan fingerprint density at radius 2 is 2.17 bits per heavy atom. The number of imide groups is 1. The van der Waals surface area contributed by atoms with Crippen LogP contribution in [0.15, 0.2) is 17.1 Å². The molecule has 2 heterocycles. The molecule has 1 aliphatic heterocycles. The van der Waals surface area contributed by atoms with Crippen molar-refractivity contribution in [1.82, 2.24) is 15.1 Å². The lowest BCUT2D eigenvalue weighted by Crippen LogP contribution is -2.45. The molecule has 8 nitrogen and oxygen atoms in total. The van der Waals surface area contributed by atoms with Gasteiger partial charge in [0, 0.05) is 12.5 Å². The van der Waals surface area contributed by atoms with Gasteiger partial charge in [0.1, 0.15) is 6.04 Å². The van der Waals surface area contributed by atoms with Gasteiger partial charge < -0.3 is 5.11 Å². The van der Waals surface area contributed by atoms with Gasteiger partial charge in [-0.25, -0.2) is 9.48 Å². The Morgan fingerprint density at radius 3 is 2.72 bits per heavy atom. The number of aromatic nitrogens is 2. The largest absolute Gasteiger partial charge is 0.478 e. The molecule has 1 aliphatic rings. The predicted octanol–water partition coefficient (Wildman–Crippen LogP) is -1.08. The van der Waals surface area contributed by atoms with Crippen molar-refractivity contribution in [3.05, 3.63) is 28.2 Å². The Balaban J connectivity index is 2.34. The summed E-state index contributed by atoms with van der Waals surface area (Å²) in [6.45, 7) is 0. The minimum Gasteiger partial charge on any atom is -0.478 e. The third-order valence-corrected chi connectivity index (χ3v) is 2.58. The molecule has 1 fully saturated rings. The van der Waals surface area contributed by atoms with Crippen LogP contribution in [-0.4, -0.2) is 32.7 Å². The van der Waals surface area contributed by atoms with Gasteiger partial charge >= 0.3 is 5.97 Å². The van der Waals surface area contributed by atoms with Crippen molar-refractivity contribution < 1.29 is 19.5 Å². The molecule has 2 N–H and O–H groups in total. The number of carboxylic acids is 1. The molecule has 1 aromatic rings. The fourth-order valence-electron chi connectivity index (χ4n) is 1.68. The third kappa shape index (κ3) is 2.12. The van der Waals surface area contributed by atoms with Crippen LogP contribution in [0.4, 0.5) is 0 Å². The smallest absolute Gasteiger partial charge is 0.337 e. The molecule has 2 rings (SSSR count). The highest BCUT2D eigenvalue weighted by molar-refractivity contribution is 5.99. The molecule has 0 bridgehead atoms. The fourth-order valence-corrected chi connectivity index (χ4v) is 1.68. The molecule has 8 heteroatoms. The van der Waals surface area contributed by atoms with E-state index in [9.17, 15) is 19.2 Å². The summed E-state index contributed by atoms with van der Waals surface area (Å²) in [7, 11) is 0. The molecule has 94 valence electrons. The normalized spacial score (nSPS) is 19.4. The van der Waals surface area contributed by atoms with Crippen LogP contribution in [0.2, 0.25) is 0 Å². The highest BCUT2D eigenvalue weighted by atomic mass is 16.4. The lowest BCUT2D eigenvalue weighted by atomic mass is 10.1. The van der Waals surface area contributed by atoms with Crippen LogP contribution in [0.1, 0.15) is 29.2 Å². The van der Waals surface area contributed by atoms with Gasteiger partial charge in [0.15, 0.2) is 0 Å². The number of amides is 2. The first kappa shape index (κ1) is 12.0. The number of nitrogens with one attached hydrogen (secondary N) is 1. The summed E-state index contributed by atoms with van der Waals surface area (Å²) in [5.41, 5.74) is -0.937. The van der Waals surface area contributed by atoms with Crippen molar-refractivity contribution in [1.29, 1.82) is 0 Å². The SMILES string of the molecule is O=C1CCC(n2ncc(C(=O)O)cc2=O)C(=O)N1. The summed E-state index contributed by atoms with van der Waals surface area (Å²) in [5.74, 6) is -2.27. The van der Waals surface area contributed by atoms with E-state index in [0.29, 0.717) is 0 Å². The zero-order valence-electron chi connectivity index (χ0n) is 9.12. The minimum absolute atomic E-state index is 0.116.